The molecule has 0 unspecified atom stereocenters. The Bertz CT molecular complexity index is 325. The third-order valence-electron chi connectivity index (χ3n) is 1.57. The quantitative estimate of drug-likeness (QED) is 0.774. The van der Waals surface area contributed by atoms with E-state index in [1.165, 1.54) is 0 Å². The minimum atomic E-state index is -0.405. The standard InChI is InChI=1S/C9H11ClN2O/c1-6-2-3-7(10)8(4-6)12-5-9(11)13/h2-4,12H,5H2,1H3,(H2,11,13). The van der Waals surface area contributed by atoms with Gasteiger partial charge < -0.3 is 11.1 Å². The van der Waals surface area contributed by atoms with E-state index in [0.29, 0.717) is 5.02 Å². The number of carbonyl (C=O) groups is 1. The molecule has 0 heterocycles. The Morgan fingerprint density at radius 2 is 2.31 bits per heavy atom. The maximum absolute atomic E-state index is 10.5. The molecule has 0 aliphatic carbocycles. The summed E-state index contributed by atoms with van der Waals surface area (Å²) in [5.74, 6) is -0.405. The second kappa shape index (κ2) is 4.14. The summed E-state index contributed by atoms with van der Waals surface area (Å²) >= 11 is 5.87. The third kappa shape index (κ3) is 2.95. The summed E-state index contributed by atoms with van der Waals surface area (Å²) in [4.78, 5) is 10.5. The molecule has 0 saturated carbocycles. The molecule has 3 nitrogen and oxygen atoms in total. The van der Waals surface area contributed by atoms with Crippen molar-refractivity contribution in [2.75, 3.05) is 11.9 Å². The van der Waals surface area contributed by atoms with E-state index in [-0.39, 0.29) is 6.54 Å². The van der Waals surface area contributed by atoms with Crippen molar-refractivity contribution in [2.24, 2.45) is 5.73 Å². The number of hydrogen-bond acceptors (Lipinski definition) is 2. The molecule has 0 radical (unpaired) electrons. The van der Waals surface area contributed by atoms with Gasteiger partial charge in [0, 0.05) is 0 Å². The van der Waals surface area contributed by atoms with Crippen molar-refractivity contribution < 1.29 is 4.79 Å². The Labute approximate surface area is 81.9 Å². The first-order chi connectivity index (χ1) is 6.09. The van der Waals surface area contributed by atoms with Crippen molar-refractivity contribution in [3.8, 4) is 0 Å². The normalized spacial score (nSPS) is 9.69. The van der Waals surface area contributed by atoms with Gasteiger partial charge in [0.15, 0.2) is 0 Å². The lowest BCUT2D eigenvalue weighted by Crippen LogP contribution is -2.21. The maximum atomic E-state index is 10.5. The summed E-state index contributed by atoms with van der Waals surface area (Å²) in [5.41, 5.74) is 6.80. The van der Waals surface area contributed by atoms with Gasteiger partial charge in [-0.1, -0.05) is 17.7 Å². The molecule has 0 saturated heterocycles. The summed E-state index contributed by atoms with van der Waals surface area (Å²) in [6, 6.07) is 5.54. The molecule has 13 heavy (non-hydrogen) atoms. The van der Waals surface area contributed by atoms with Crippen molar-refractivity contribution in [3.63, 3.8) is 0 Å². The molecule has 0 aliphatic heterocycles. The maximum Gasteiger partial charge on any atom is 0.236 e. The molecule has 3 N–H and O–H groups in total. The minimum absolute atomic E-state index is 0.100. The van der Waals surface area contributed by atoms with Crippen LogP contribution < -0.4 is 11.1 Å². The van der Waals surface area contributed by atoms with Crippen LogP contribution in [0.3, 0.4) is 0 Å². The lowest BCUT2D eigenvalue weighted by atomic mass is 10.2. The number of nitrogens with two attached hydrogens (primary N) is 1. The van der Waals surface area contributed by atoms with Gasteiger partial charge in [0.25, 0.3) is 0 Å². The molecule has 0 fully saturated rings. The average Bonchev–Trinajstić information content (AvgIpc) is 2.06. The summed E-state index contributed by atoms with van der Waals surface area (Å²) in [6.07, 6.45) is 0. The summed E-state index contributed by atoms with van der Waals surface area (Å²) in [7, 11) is 0. The van der Waals surface area contributed by atoms with Crippen molar-refractivity contribution >= 4 is 23.2 Å². The Hall–Kier alpha value is -1.22. The number of aryl methyl sites for hydroxylation is 1. The fraction of sp³-hybridized carbons (Fsp3) is 0.222. The van der Waals surface area contributed by atoms with Crippen molar-refractivity contribution in [1.82, 2.24) is 0 Å². The van der Waals surface area contributed by atoms with E-state index in [2.05, 4.69) is 5.32 Å². The number of primary amides is 1. The molecule has 0 atom stereocenters. The Morgan fingerprint density at radius 1 is 1.62 bits per heavy atom. The lowest BCUT2D eigenvalue weighted by molar-refractivity contribution is -0.116. The second-order valence-corrected chi connectivity index (χ2v) is 3.21. The van der Waals surface area contributed by atoms with Gasteiger partial charge in [-0.2, -0.15) is 0 Å². The van der Waals surface area contributed by atoms with Crippen LogP contribution in [0.15, 0.2) is 18.2 Å². The fourth-order valence-corrected chi connectivity index (χ4v) is 1.14. The van der Waals surface area contributed by atoms with Crippen LogP contribution in [0.25, 0.3) is 0 Å². The summed E-state index contributed by atoms with van der Waals surface area (Å²) in [6.45, 7) is 2.05. The Balaban J connectivity index is 2.75. The Kier molecular flexibility index (Phi) is 3.14. The van der Waals surface area contributed by atoms with E-state index >= 15 is 0 Å². The second-order valence-electron chi connectivity index (χ2n) is 2.80. The van der Waals surface area contributed by atoms with Gasteiger partial charge in [-0.3, -0.25) is 4.79 Å². The number of hydrogen-bond donors (Lipinski definition) is 2. The zero-order chi connectivity index (χ0) is 9.84. The number of benzene rings is 1. The molecule has 0 aliphatic rings. The van der Waals surface area contributed by atoms with Crippen LogP contribution in [-0.2, 0) is 4.79 Å². The van der Waals surface area contributed by atoms with E-state index in [1.807, 2.05) is 19.1 Å². The highest BCUT2D eigenvalue weighted by molar-refractivity contribution is 6.33. The third-order valence-corrected chi connectivity index (χ3v) is 1.90. The molecule has 1 aromatic carbocycles. The lowest BCUT2D eigenvalue weighted by Gasteiger charge is -2.06. The Morgan fingerprint density at radius 3 is 2.92 bits per heavy atom. The van der Waals surface area contributed by atoms with Crippen molar-refractivity contribution in [1.29, 1.82) is 0 Å². The zero-order valence-electron chi connectivity index (χ0n) is 7.30. The number of rotatable bonds is 3. The van der Waals surface area contributed by atoms with Crippen LogP contribution in [0.4, 0.5) is 5.69 Å². The minimum Gasteiger partial charge on any atom is -0.375 e. The number of halogens is 1. The molecule has 1 rings (SSSR count). The van der Waals surface area contributed by atoms with Gasteiger partial charge in [0.2, 0.25) is 5.91 Å². The van der Waals surface area contributed by atoms with Gasteiger partial charge in [-0.25, -0.2) is 0 Å². The first-order valence-electron chi connectivity index (χ1n) is 3.88. The number of nitrogens with one attached hydrogen (secondary N) is 1. The molecule has 4 heteroatoms. The molecule has 1 aromatic rings. The zero-order valence-corrected chi connectivity index (χ0v) is 8.06. The van der Waals surface area contributed by atoms with Crippen LogP contribution in [0.1, 0.15) is 5.56 Å². The highest BCUT2D eigenvalue weighted by Crippen LogP contribution is 2.22. The molecular weight excluding hydrogens is 188 g/mol. The van der Waals surface area contributed by atoms with Gasteiger partial charge in [-0.15, -0.1) is 0 Å². The van der Waals surface area contributed by atoms with E-state index in [1.54, 1.807) is 6.07 Å². The van der Waals surface area contributed by atoms with Gasteiger partial charge in [-0.05, 0) is 24.6 Å². The largest absolute Gasteiger partial charge is 0.375 e. The highest BCUT2D eigenvalue weighted by Gasteiger charge is 2.00. The molecule has 70 valence electrons. The predicted octanol–water partition coefficient (Wildman–Crippen LogP) is 1.55. The fourth-order valence-electron chi connectivity index (χ4n) is 0.957. The number of carbonyl (C=O) groups excluding carboxylic acids is 1. The first kappa shape index (κ1) is 9.86. The van der Waals surface area contributed by atoms with Crippen LogP contribution in [0, 0.1) is 6.92 Å². The van der Waals surface area contributed by atoms with Crippen LogP contribution in [0.2, 0.25) is 5.02 Å². The predicted molar refractivity (Wildman–Crippen MR) is 53.9 cm³/mol. The average molecular weight is 199 g/mol. The highest BCUT2D eigenvalue weighted by atomic mass is 35.5. The monoisotopic (exact) mass is 198 g/mol. The van der Waals surface area contributed by atoms with Crippen LogP contribution in [0.5, 0.6) is 0 Å². The van der Waals surface area contributed by atoms with Gasteiger partial charge >= 0.3 is 0 Å². The van der Waals surface area contributed by atoms with Gasteiger partial charge in [0.1, 0.15) is 0 Å². The van der Waals surface area contributed by atoms with E-state index in [4.69, 9.17) is 17.3 Å². The molecule has 1 amide bonds. The van der Waals surface area contributed by atoms with Crippen molar-refractivity contribution in [3.05, 3.63) is 28.8 Å². The first-order valence-corrected chi connectivity index (χ1v) is 4.25. The summed E-state index contributed by atoms with van der Waals surface area (Å²) < 4.78 is 0. The van der Waals surface area contributed by atoms with Crippen molar-refractivity contribution in [2.45, 2.75) is 6.92 Å². The smallest absolute Gasteiger partial charge is 0.236 e. The van der Waals surface area contributed by atoms with Crippen LogP contribution in [-0.4, -0.2) is 12.5 Å². The molecule has 0 spiro atoms. The molecule has 0 bridgehead atoms. The van der Waals surface area contributed by atoms with E-state index in [0.717, 1.165) is 11.3 Å². The number of anilines is 1. The molecule has 0 aromatic heterocycles. The summed E-state index contributed by atoms with van der Waals surface area (Å²) in [5, 5.41) is 3.44. The SMILES string of the molecule is Cc1ccc(Cl)c(NCC(N)=O)c1. The van der Waals surface area contributed by atoms with Gasteiger partial charge in [0.05, 0.1) is 17.3 Å². The van der Waals surface area contributed by atoms with E-state index < -0.39 is 5.91 Å². The van der Waals surface area contributed by atoms with Crippen LogP contribution >= 0.6 is 11.6 Å². The topological polar surface area (TPSA) is 55.1 Å². The van der Waals surface area contributed by atoms with E-state index in [9.17, 15) is 4.79 Å². The molecular formula is C9H11ClN2O. The number of amides is 1.